The van der Waals surface area contributed by atoms with Gasteiger partial charge in [-0.15, -0.1) is 11.8 Å². The van der Waals surface area contributed by atoms with Gasteiger partial charge in [-0.3, -0.25) is 4.79 Å². The van der Waals surface area contributed by atoms with Gasteiger partial charge >= 0.3 is 12.0 Å². The SMILES string of the molecule is CC(NC(N)=O)C(=O)N1CSCC1C(=O)O. The van der Waals surface area contributed by atoms with E-state index in [0.717, 1.165) is 0 Å². The number of urea groups is 1. The van der Waals surface area contributed by atoms with E-state index in [1.165, 1.54) is 23.6 Å². The third kappa shape index (κ3) is 2.78. The molecule has 0 aromatic rings. The van der Waals surface area contributed by atoms with Gasteiger partial charge in [-0.1, -0.05) is 0 Å². The summed E-state index contributed by atoms with van der Waals surface area (Å²) in [7, 11) is 0. The minimum Gasteiger partial charge on any atom is -0.480 e. The highest BCUT2D eigenvalue weighted by atomic mass is 32.2. The molecule has 1 saturated heterocycles. The van der Waals surface area contributed by atoms with Crippen molar-refractivity contribution in [1.82, 2.24) is 10.2 Å². The fourth-order valence-corrected chi connectivity index (χ4v) is 2.54. The van der Waals surface area contributed by atoms with Gasteiger partial charge in [0.1, 0.15) is 12.1 Å². The topological polar surface area (TPSA) is 113 Å². The van der Waals surface area contributed by atoms with Gasteiger partial charge in [-0.25, -0.2) is 9.59 Å². The van der Waals surface area contributed by atoms with Crippen LogP contribution in [0.25, 0.3) is 0 Å². The molecule has 2 unspecified atom stereocenters. The minimum atomic E-state index is -1.04. The predicted octanol–water partition coefficient (Wildman–Crippen LogP) is -0.971. The maximum absolute atomic E-state index is 11.8. The number of carbonyl (C=O) groups excluding carboxylic acids is 2. The number of hydrogen-bond donors (Lipinski definition) is 3. The molecule has 1 aliphatic rings. The van der Waals surface area contributed by atoms with E-state index >= 15 is 0 Å². The van der Waals surface area contributed by atoms with E-state index in [2.05, 4.69) is 5.32 Å². The standard InChI is InChI=1S/C8H13N3O4S/c1-4(10-8(9)15)6(12)11-3-16-2-5(11)7(13)14/h4-5H,2-3H2,1H3,(H,13,14)(H3,9,10,15). The molecule has 4 N–H and O–H groups in total. The van der Waals surface area contributed by atoms with Crippen LogP contribution in [0.4, 0.5) is 4.79 Å². The molecular weight excluding hydrogens is 234 g/mol. The predicted molar refractivity (Wildman–Crippen MR) is 57.8 cm³/mol. The number of carboxylic acid groups (broad SMARTS) is 1. The Morgan fingerprint density at radius 2 is 2.19 bits per heavy atom. The van der Waals surface area contributed by atoms with E-state index in [9.17, 15) is 14.4 Å². The monoisotopic (exact) mass is 247 g/mol. The van der Waals surface area contributed by atoms with E-state index < -0.39 is 30.0 Å². The fourth-order valence-electron chi connectivity index (χ4n) is 1.39. The van der Waals surface area contributed by atoms with Crippen LogP contribution in [-0.2, 0) is 9.59 Å². The Balaban J connectivity index is 2.65. The molecule has 8 heteroatoms. The van der Waals surface area contributed by atoms with Crippen LogP contribution in [0.2, 0.25) is 0 Å². The highest BCUT2D eigenvalue weighted by molar-refractivity contribution is 7.99. The van der Waals surface area contributed by atoms with Crippen LogP contribution in [0.15, 0.2) is 0 Å². The molecule has 1 heterocycles. The summed E-state index contributed by atoms with van der Waals surface area (Å²) in [4.78, 5) is 34.4. The molecule has 3 amide bonds. The first-order chi connectivity index (χ1) is 7.43. The van der Waals surface area contributed by atoms with Crippen molar-refractivity contribution in [3.05, 3.63) is 0 Å². The number of thioether (sulfide) groups is 1. The van der Waals surface area contributed by atoms with Gasteiger partial charge in [-0.2, -0.15) is 0 Å². The molecule has 1 aliphatic heterocycles. The van der Waals surface area contributed by atoms with E-state index in [-0.39, 0.29) is 0 Å². The number of primary amides is 1. The van der Waals surface area contributed by atoms with Crippen LogP contribution in [0.5, 0.6) is 0 Å². The maximum Gasteiger partial charge on any atom is 0.327 e. The summed E-state index contributed by atoms with van der Waals surface area (Å²) in [6.45, 7) is 1.47. The van der Waals surface area contributed by atoms with Crippen molar-refractivity contribution < 1.29 is 19.5 Å². The summed E-state index contributed by atoms with van der Waals surface area (Å²) >= 11 is 1.36. The number of nitrogens with one attached hydrogen (secondary N) is 1. The number of hydrogen-bond acceptors (Lipinski definition) is 4. The zero-order valence-electron chi connectivity index (χ0n) is 8.67. The molecule has 7 nitrogen and oxygen atoms in total. The second-order valence-corrected chi connectivity index (χ2v) is 4.39. The van der Waals surface area contributed by atoms with Gasteiger partial charge in [0, 0.05) is 5.75 Å². The van der Waals surface area contributed by atoms with Gasteiger partial charge < -0.3 is 21.1 Å². The lowest BCUT2D eigenvalue weighted by Crippen LogP contribution is -2.51. The number of nitrogens with zero attached hydrogens (tertiary/aromatic N) is 1. The van der Waals surface area contributed by atoms with Gasteiger partial charge in [-0.05, 0) is 6.92 Å². The van der Waals surface area contributed by atoms with Gasteiger partial charge in [0.25, 0.3) is 0 Å². The summed E-state index contributed by atoms with van der Waals surface area (Å²) in [5.74, 6) is -0.786. The van der Waals surface area contributed by atoms with Crippen LogP contribution in [0, 0.1) is 0 Å². The number of nitrogens with two attached hydrogens (primary N) is 1. The lowest BCUT2D eigenvalue weighted by molar-refractivity contribution is -0.148. The first kappa shape index (κ1) is 12.6. The first-order valence-electron chi connectivity index (χ1n) is 4.60. The second kappa shape index (κ2) is 5.06. The second-order valence-electron chi connectivity index (χ2n) is 3.39. The summed E-state index contributed by atoms with van der Waals surface area (Å²) in [6, 6.07) is -2.44. The zero-order valence-corrected chi connectivity index (χ0v) is 9.49. The lowest BCUT2D eigenvalue weighted by atomic mass is 10.2. The zero-order chi connectivity index (χ0) is 12.3. The molecule has 0 bridgehead atoms. The van der Waals surface area contributed by atoms with Gasteiger partial charge in [0.2, 0.25) is 5.91 Å². The molecule has 0 aromatic carbocycles. The molecule has 0 saturated carbocycles. The molecule has 0 aliphatic carbocycles. The highest BCUT2D eigenvalue weighted by Crippen LogP contribution is 2.21. The molecule has 0 spiro atoms. The number of carboxylic acids is 1. The lowest BCUT2D eigenvalue weighted by Gasteiger charge is -2.24. The average molecular weight is 247 g/mol. The van der Waals surface area contributed by atoms with Crippen molar-refractivity contribution in [1.29, 1.82) is 0 Å². The Bertz CT molecular complexity index is 322. The highest BCUT2D eigenvalue weighted by Gasteiger charge is 2.36. The van der Waals surface area contributed by atoms with Crippen LogP contribution in [0.3, 0.4) is 0 Å². The summed E-state index contributed by atoms with van der Waals surface area (Å²) in [5.41, 5.74) is 4.88. The number of carbonyl (C=O) groups is 3. The number of aliphatic carboxylic acids is 1. The fraction of sp³-hybridized carbons (Fsp3) is 0.625. The normalized spacial score (nSPS) is 21.6. The van der Waals surface area contributed by atoms with E-state index in [0.29, 0.717) is 11.6 Å². The van der Waals surface area contributed by atoms with Crippen LogP contribution in [0.1, 0.15) is 6.92 Å². The van der Waals surface area contributed by atoms with Crippen molar-refractivity contribution in [2.45, 2.75) is 19.0 Å². The van der Waals surface area contributed by atoms with E-state index in [1.807, 2.05) is 0 Å². The van der Waals surface area contributed by atoms with Crippen LogP contribution < -0.4 is 11.1 Å². The molecular formula is C8H13N3O4S. The summed E-state index contributed by atoms with van der Waals surface area (Å²) in [5, 5.41) is 11.1. The third-order valence-electron chi connectivity index (χ3n) is 2.18. The Morgan fingerprint density at radius 1 is 1.56 bits per heavy atom. The quantitative estimate of drug-likeness (QED) is 0.594. The Morgan fingerprint density at radius 3 is 2.69 bits per heavy atom. The van der Waals surface area contributed by atoms with Gasteiger partial charge in [0.05, 0.1) is 5.88 Å². The van der Waals surface area contributed by atoms with Crippen molar-refractivity contribution in [3.63, 3.8) is 0 Å². The minimum absolute atomic E-state index is 0.320. The van der Waals surface area contributed by atoms with Crippen molar-refractivity contribution >= 4 is 29.7 Å². The molecule has 1 rings (SSSR count). The van der Waals surface area contributed by atoms with Gasteiger partial charge in [0.15, 0.2) is 0 Å². The third-order valence-corrected chi connectivity index (χ3v) is 3.19. The molecule has 1 fully saturated rings. The van der Waals surface area contributed by atoms with Crippen LogP contribution >= 0.6 is 11.8 Å². The Kier molecular flexibility index (Phi) is 3.99. The van der Waals surface area contributed by atoms with Crippen LogP contribution in [-0.4, -0.2) is 51.6 Å². The molecule has 2 atom stereocenters. The summed E-state index contributed by atoms with van der Waals surface area (Å²) < 4.78 is 0. The average Bonchev–Trinajstić information content (AvgIpc) is 2.63. The van der Waals surface area contributed by atoms with Crippen molar-refractivity contribution in [2.75, 3.05) is 11.6 Å². The molecule has 0 aromatic heterocycles. The molecule has 16 heavy (non-hydrogen) atoms. The first-order valence-corrected chi connectivity index (χ1v) is 5.76. The smallest absolute Gasteiger partial charge is 0.327 e. The van der Waals surface area contributed by atoms with Crippen molar-refractivity contribution in [3.8, 4) is 0 Å². The summed E-state index contributed by atoms with van der Waals surface area (Å²) in [6.07, 6.45) is 0. The Labute approximate surface area is 96.3 Å². The van der Waals surface area contributed by atoms with Crippen molar-refractivity contribution in [2.24, 2.45) is 5.73 Å². The largest absolute Gasteiger partial charge is 0.480 e. The molecule has 0 radical (unpaired) electrons. The maximum atomic E-state index is 11.8. The van der Waals surface area contributed by atoms with E-state index in [1.54, 1.807) is 0 Å². The number of rotatable bonds is 3. The number of amides is 3. The Hall–Kier alpha value is -1.44. The molecule has 90 valence electrons. The van der Waals surface area contributed by atoms with E-state index in [4.69, 9.17) is 10.8 Å².